The van der Waals surface area contributed by atoms with Crippen molar-refractivity contribution in [3.8, 4) is 17.0 Å². The lowest BCUT2D eigenvalue weighted by Gasteiger charge is -2.07. The third-order valence-electron chi connectivity index (χ3n) is 2.90. The van der Waals surface area contributed by atoms with Gasteiger partial charge in [-0.05, 0) is 40.2 Å². The molecular formula is C14H9BrN2O2. The molecule has 0 amide bonds. The van der Waals surface area contributed by atoms with Gasteiger partial charge in [-0.1, -0.05) is 18.2 Å². The van der Waals surface area contributed by atoms with Crippen molar-refractivity contribution in [1.29, 1.82) is 0 Å². The first-order valence-corrected chi connectivity index (χ1v) is 6.42. The van der Waals surface area contributed by atoms with E-state index in [1.807, 2.05) is 18.2 Å². The molecule has 0 atom stereocenters. The van der Waals surface area contributed by atoms with Gasteiger partial charge in [-0.25, -0.2) is 5.10 Å². The second kappa shape index (κ2) is 4.51. The number of H-pyrrole nitrogens is 1. The van der Waals surface area contributed by atoms with Crippen molar-refractivity contribution in [2.45, 2.75) is 0 Å². The number of aromatic nitrogens is 2. The standard InChI is InChI=1S/C14H9BrN2O2/c15-12-7-8(18)5-6-11(12)13-9-3-1-2-4-10(9)14(19)17-16-13/h1-7,18H,(H,17,19). The normalized spacial score (nSPS) is 10.8. The first-order chi connectivity index (χ1) is 9.16. The van der Waals surface area contributed by atoms with Crippen LogP contribution in [0.1, 0.15) is 0 Å². The predicted molar refractivity (Wildman–Crippen MR) is 77.2 cm³/mol. The zero-order valence-electron chi connectivity index (χ0n) is 9.72. The molecule has 0 unspecified atom stereocenters. The van der Waals surface area contributed by atoms with Crippen LogP contribution in [-0.4, -0.2) is 15.3 Å². The monoisotopic (exact) mass is 316 g/mol. The number of nitrogens with zero attached hydrogens (tertiary/aromatic N) is 1. The third-order valence-corrected chi connectivity index (χ3v) is 3.56. The van der Waals surface area contributed by atoms with Crippen molar-refractivity contribution < 1.29 is 5.11 Å². The van der Waals surface area contributed by atoms with Crippen LogP contribution in [0.3, 0.4) is 0 Å². The van der Waals surface area contributed by atoms with Crippen LogP contribution in [-0.2, 0) is 0 Å². The number of phenols is 1. The highest BCUT2D eigenvalue weighted by atomic mass is 79.9. The van der Waals surface area contributed by atoms with Gasteiger partial charge in [-0.3, -0.25) is 4.79 Å². The number of halogens is 1. The van der Waals surface area contributed by atoms with Crippen molar-refractivity contribution in [2.75, 3.05) is 0 Å². The Morgan fingerprint density at radius 1 is 1.11 bits per heavy atom. The Kier molecular flexibility index (Phi) is 2.83. The van der Waals surface area contributed by atoms with E-state index >= 15 is 0 Å². The highest BCUT2D eigenvalue weighted by Gasteiger charge is 2.11. The molecule has 4 nitrogen and oxygen atoms in total. The molecule has 0 radical (unpaired) electrons. The Labute approximate surface area is 116 Å². The van der Waals surface area contributed by atoms with Crippen LogP contribution >= 0.6 is 15.9 Å². The van der Waals surface area contributed by atoms with E-state index in [4.69, 9.17) is 0 Å². The number of hydrogen-bond acceptors (Lipinski definition) is 3. The molecular weight excluding hydrogens is 308 g/mol. The summed E-state index contributed by atoms with van der Waals surface area (Å²) in [5.41, 5.74) is 1.27. The van der Waals surface area contributed by atoms with Crippen LogP contribution in [0.15, 0.2) is 51.7 Å². The minimum absolute atomic E-state index is 0.171. The fraction of sp³-hybridized carbons (Fsp3) is 0. The van der Waals surface area contributed by atoms with Crippen LogP contribution in [0.4, 0.5) is 0 Å². The highest BCUT2D eigenvalue weighted by molar-refractivity contribution is 9.10. The SMILES string of the molecule is O=c1[nH]nc(-c2ccc(O)cc2Br)c2ccccc12. The number of aromatic hydroxyl groups is 1. The molecule has 1 aromatic heterocycles. The van der Waals surface area contributed by atoms with E-state index in [1.54, 1.807) is 24.3 Å². The first-order valence-electron chi connectivity index (χ1n) is 5.63. The molecule has 0 aliphatic heterocycles. The fourth-order valence-corrected chi connectivity index (χ4v) is 2.57. The topological polar surface area (TPSA) is 66.0 Å². The van der Waals surface area contributed by atoms with Gasteiger partial charge in [-0.2, -0.15) is 5.10 Å². The number of benzene rings is 2. The summed E-state index contributed by atoms with van der Waals surface area (Å²) in [6.45, 7) is 0. The van der Waals surface area contributed by atoms with Crippen LogP contribution in [0, 0.1) is 0 Å². The molecule has 3 aromatic rings. The van der Waals surface area contributed by atoms with Crippen LogP contribution in [0.25, 0.3) is 22.0 Å². The maximum absolute atomic E-state index is 11.7. The molecule has 2 aromatic carbocycles. The van der Waals surface area contributed by atoms with Crippen LogP contribution in [0.2, 0.25) is 0 Å². The lowest BCUT2D eigenvalue weighted by Crippen LogP contribution is -2.09. The van der Waals surface area contributed by atoms with Gasteiger partial charge < -0.3 is 5.11 Å². The Hall–Kier alpha value is -2.14. The first kappa shape index (κ1) is 11.9. The molecule has 0 saturated carbocycles. The van der Waals surface area contributed by atoms with Gasteiger partial charge in [-0.15, -0.1) is 0 Å². The minimum Gasteiger partial charge on any atom is -0.508 e. The van der Waals surface area contributed by atoms with Crippen molar-refractivity contribution in [3.63, 3.8) is 0 Å². The number of fused-ring (bicyclic) bond motifs is 1. The summed E-state index contributed by atoms with van der Waals surface area (Å²) >= 11 is 3.40. The number of rotatable bonds is 1. The molecule has 94 valence electrons. The average molecular weight is 317 g/mol. The van der Waals surface area contributed by atoms with E-state index in [9.17, 15) is 9.90 Å². The molecule has 3 rings (SSSR count). The molecule has 0 bridgehead atoms. The lowest BCUT2D eigenvalue weighted by atomic mass is 10.1. The Morgan fingerprint density at radius 2 is 1.84 bits per heavy atom. The summed E-state index contributed by atoms with van der Waals surface area (Å²) in [5.74, 6) is 0.171. The number of hydrogen-bond donors (Lipinski definition) is 2. The van der Waals surface area contributed by atoms with Crippen molar-refractivity contribution >= 4 is 26.7 Å². The van der Waals surface area contributed by atoms with E-state index in [-0.39, 0.29) is 11.3 Å². The Balaban J connectivity index is 2.37. The molecule has 1 heterocycles. The van der Waals surface area contributed by atoms with Crippen LogP contribution in [0.5, 0.6) is 5.75 Å². The molecule has 0 saturated heterocycles. The molecule has 0 fully saturated rings. The number of nitrogens with one attached hydrogen (secondary N) is 1. The van der Waals surface area contributed by atoms with Gasteiger partial charge in [0, 0.05) is 15.4 Å². The van der Waals surface area contributed by atoms with Crippen LogP contribution < -0.4 is 5.56 Å². The quantitative estimate of drug-likeness (QED) is 0.725. The summed E-state index contributed by atoms with van der Waals surface area (Å²) in [7, 11) is 0. The van der Waals surface area contributed by atoms with Crippen molar-refractivity contribution in [1.82, 2.24) is 10.2 Å². The molecule has 0 spiro atoms. The van der Waals surface area contributed by atoms with Gasteiger partial charge in [0.2, 0.25) is 0 Å². The van der Waals surface area contributed by atoms with Gasteiger partial charge in [0.15, 0.2) is 0 Å². The largest absolute Gasteiger partial charge is 0.508 e. The highest BCUT2D eigenvalue weighted by Crippen LogP contribution is 2.32. The Bertz CT molecular complexity index is 827. The molecule has 19 heavy (non-hydrogen) atoms. The zero-order valence-corrected chi connectivity index (χ0v) is 11.3. The second-order valence-electron chi connectivity index (χ2n) is 4.11. The van der Waals surface area contributed by atoms with E-state index in [0.717, 1.165) is 15.4 Å². The zero-order chi connectivity index (χ0) is 13.4. The van der Waals surface area contributed by atoms with Crippen molar-refractivity contribution in [2.24, 2.45) is 0 Å². The third kappa shape index (κ3) is 2.02. The van der Waals surface area contributed by atoms with Crippen molar-refractivity contribution in [3.05, 3.63) is 57.3 Å². The summed E-state index contributed by atoms with van der Waals surface area (Å²) in [4.78, 5) is 11.7. The second-order valence-corrected chi connectivity index (χ2v) is 4.97. The summed E-state index contributed by atoms with van der Waals surface area (Å²) < 4.78 is 0.720. The lowest BCUT2D eigenvalue weighted by molar-refractivity contribution is 0.475. The average Bonchev–Trinajstić information content (AvgIpc) is 2.41. The summed E-state index contributed by atoms with van der Waals surface area (Å²) in [6.07, 6.45) is 0. The fourth-order valence-electron chi connectivity index (χ4n) is 2.02. The molecule has 0 aliphatic carbocycles. The number of aromatic amines is 1. The maximum atomic E-state index is 11.7. The smallest absolute Gasteiger partial charge is 0.272 e. The maximum Gasteiger partial charge on any atom is 0.272 e. The van der Waals surface area contributed by atoms with Gasteiger partial charge in [0.05, 0.1) is 11.1 Å². The predicted octanol–water partition coefficient (Wildman–Crippen LogP) is 3.06. The summed E-state index contributed by atoms with van der Waals surface area (Å²) in [5, 5.41) is 17.4. The molecule has 2 N–H and O–H groups in total. The van der Waals surface area contributed by atoms with E-state index in [1.165, 1.54) is 0 Å². The molecule has 5 heteroatoms. The van der Waals surface area contributed by atoms with E-state index in [0.29, 0.717) is 11.1 Å². The van der Waals surface area contributed by atoms with Gasteiger partial charge in [0.25, 0.3) is 5.56 Å². The van der Waals surface area contributed by atoms with E-state index < -0.39 is 0 Å². The van der Waals surface area contributed by atoms with E-state index in [2.05, 4.69) is 26.1 Å². The van der Waals surface area contributed by atoms with Gasteiger partial charge in [0.1, 0.15) is 5.75 Å². The van der Waals surface area contributed by atoms with Gasteiger partial charge >= 0.3 is 0 Å². The minimum atomic E-state index is -0.214. The Morgan fingerprint density at radius 3 is 2.58 bits per heavy atom. The number of phenolic OH excluding ortho intramolecular Hbond substituents is 1. The summed E-state index contributed by atoms with van der Waals surface area (Å²) in [6, 6.07) is 12.2. The molecule has 0 aliphatic rings.